The van der Waals surface area contributed by atoms with Crippen molar-refractivity contribution in [3.63, 3.8) is 0 Å². The Balaban J connectivity index is 1.45. The molecule has 8 nitrogen and oxygen atoms in total. The molecule has 0 bridgehead atoms. The van der Waals surface area contributed by atoms with E-state index in [1.165, 1.54) is 29.2 Å². The van der Waals surface area contributed by atoms with Crippen LogP contribution in [0.25, 0.3) is 10.2 Å². The van der Waals surface area contributed by atoms with E-state index < -0.39 is 6.04 Å². The summed E-state index contributed by atoms with van der Waals surface area (Å²) in [6.45, 7) is 6.53. The van der Waals surface area contributed by atoms with E-state index in [0.717, 1.165) is 10.2 Å². The zero-order chi connectivity index (χ0) is 25.8. The van der Waals surface area contributed by atoms with Crippen molar-refractivity contribution in [3.05, 3.63) is 63.9 Å². The van der Waals surface area contributed by atoms with E-state index >= 15 is 0 Å². The van der Waals surface area contributed by atoms with Crippen molar-refractivity contribution in [2.75, 3.05) is 11.1 Å². The van der Waals surface area contributed by atoms with Crippen LogP contribution in [0, 0.1) is 5.92 Å². The number of carbonyl (C=O) groups excluding carboxylic acids is 2. The number of carbonyl (C=O) groups is 2. The topological polar surface area (TPSA) is 102 Å². The third kappa shape index (κ3) is 6.00. The van der Waals surface area contributed by atoms with Gasteiger partial charge in [-0.1, -0.05) is 72.3 Å². The summed E-state index contributed by atoms with van der Waals surface area (Å²) in [6, 6.07) is 12.1. The number of halogens is 2. The summed E-state index contributed by atoms with van der Waals surface area (Å²) in [5, 5.41) is 16.4. The quantitative estimate of drug-likeness (QED) is 0.240. The molecule has 4 aromatic rings. The molecule has 0 saturated carbocycles. The molecule has 2 N–H and O–H groups in total. The van der Waals surface area contributed by atoms with E-state index in [1.54, 1.807) is 12.1 Å². The number of hydrogen-bond acceptors (Lipinski definition) is 7. The number of amides is 2. The highest BCUT2D eigenvalue weighted by Crippen LogP contribution is 2.28. The van der Waals surface area contributed by atoms with Crippen molar-refractivity contribution in [1.82, 2.24) is 25.1 Å². The zero-order valence-electron chi connectivity index (χ0n) is 19.8. The first-order valence-corrected chi connectivity index (χ1v) is 13.8. The summed E-state index contributed by atoms with van der Waals surface area (Å²) in [6.07, 6.45) is 0. The van der Waals surface area contributed by atoms with Gasteiger partial charge in [-0.25, -0.2) is 4.98 Å². The largest absolute Gasteiger partial charge is 0.342 e. The van der Waals surface area contributed by atoms with Gasteiger partial charge in [-0.15, -0.1) is 10.2 Å². The molecule has 0 radical (unpaired) electrons. The maximum absolute atomic E-state index is 12.9. The van der Waals surface area contributed by atoms with Crippen molar-refractivity contribution in [2.24, 2.45) is 5.92 Å². The van der Waals surface area contributed by atoms with Crippen LogP contribution in [0.15, 0.2) is 47.6 Å². The molecule has 1 atom stereocenters. The van der Waals surface area contributed by atoms with E-state index in [1.807, 2.05) is 49.6 Å². The molecule has 0 aliphatic rings. The fourth-order valence-electron chi connectivity index (χ4n) is 3.54. The maximum Gasteiger partial charge on any atom is 0.251 e. The first kappa shape index (κ1) is 26.4. The Labute approximate surface area is 226 Å². The lowest BCUT2D eigenvalue weighted by molar-refractivity contribution is -0.113. The normalized spacial score (nSPS) is 12.2. The van der Waals surface area contributed by atoms with Crippen LogP contribution in [0.5, 0.6) is 0 Å². The molecule has 2 aromatic carbocycles. The first-order chi connectivity index (χ1) is 17.3. The molecule has 0 fully saturated rings. The summed E-state index contributed by atoms with van der Waals surface area (Å²) in [5.41, 5.74) is 1.25. The molecular formula is C24H24Cl2N6O2S2. The number of aromatic nitrogens is 4. The van der Waals surface area contributed by atoms with Crippen molar-refractivity contribution in [1.29, 1.82) is 0 Å². The highest BCUT2D eigenvalue weighted by Gasteiger charge is 2.26. The predicted octanol–water partition coefficient (Wildman–Crippen LogP) is 6.07. The first-order valence-electron chi connectivity index (χ1n) is 11.2. The fraction of sp³-hybridized carbons (Fsp3) is 0.292. The second kappa shape index (κ2) is 11.6. The van der Waals surface area contributed by atoms with Crippen LogP contribution >= 0.6 is 46.3 Å². The van der Waals surface area contributed by atoms with Gasteiger partial charge >= 0.3 is 0 Å². The van der Waals surface area contributed by atoms with Crippen LogP contribution in [-0.2, 0) is 11.3 Å². The third-order valence-electron chi connectivity index (χ3n) is 5.35. The molecule has 0 saturated heterocycles. The number of fused-ring (bicyclic) bond motifs is 1. The monoisotopic (exact) mass is 562 g/mol. The SMILES string of the molecule is CCn1c(SCC(=O)Nc2nc3ccccc3s2)nnc1[C@H](NC(=O)c1ccc(Cl)c(Cl)c1)C(C)C. The van der Waals surface area contributed by atoms with E-state index in [-0.39, 0.29) is 23.5 Å². The number of para-hydroxylation sites is 1. The van der Waals surface area contributed by atoms with Gasteiger partial charge in [0.15, 0.2) is 16.1 Å². The molecule has 2 aromatic heterocycles. The number of nitrogens with one attached hydrogen (secondary N) is 2. The van der Waals surface area contributed by atoms with Crippen molar-refractivity contribution < 1.29 is 9.59 Å². The van der Waals surface area contributed by atoms with Gasteiger partial charge in [0, 0.05) is 12.1 Å². The van der Waals surface area contributed by atoms with E-state index in [0.29, 0.717) is 38.3 Å². The van der Waals surface area contributed by atoms with Gasteiger partial charge < -0.3 is 15.2 Å². The van der Waals surface area contributed by atoms with Crippen molar-refractivity contribution >= 4 is 73.5 Å². The number of hydrogen-bond donors (Lipinski definition) is 2. The molecule has 188 valence electrons. The molecule has 4 rings (SSSR count). The number of rotatable bonds is 9. The number of anilines is 1. The molecule has 0 unspecified atom stereocenters. The van der Waals surface area contributed by atoms with Gasteiger partial charge in [-0.2, -0.15) is 0 Å². The van der Waals surface area contributed by atoms with Gasteiger partial charge in [-0.05, 0) is 43.2 Å². The van der Waals surface area contributed by atoms with E-state index in [4.69, 9.17) is 23.2 Å². The molecule has 0 aliphatic carbocycles. The lowest BCUT2D eigenvalue weighted by atomic mass is 10.0. The molecule has 0 aliphatic heterocycles. The average Bonchev–Trinajstić information content (AvgIpc) is 3.45. The molecule has 2 amide bonds. The Morgan fingerprint density at radius 2 is 1.89 bits per heavy atom. The highest BCUT2D eigenvalue weighted by atomic mass is 35.5. The Hall–Kier alpha value is -2.66. The van der Waals surface area contributed by atoms with Gasteiger partial charge in [0.2, 0.25) is 5.91 Å². The van der Waals surface area contributed by atoms with Gasteiger partial charge in [-0.3, -0.25) is 9.59 Å². The average molecular weight is 564 g/mol. The van der Waals surface area contributed by atoms with Gasteiger partial charge in [0.25, 0.3) is 5.91 Å². The van der Waals surface area contributed by atoms with Crippen LogP contribution in [0.4, 0.5) is 5.13 Å². The summed E-state index contributed by atoms with van der Waals surface area (Å²) < 4.78 is 2.92. The smallest absolute Gasteiger partial charge is 0.251 e. The zero-order valence-corrected chi connectivity index (χ0v) is 22.9. The summed E-state index contributed by atoms with van der Waals surface area (Å²) in [5.74, 6) is 0.332. The van der Waals surface area contributed by atoms with Crippen molar-refractivity contribution in [3.8, 4) is 0 Å². The van der Waals surface area contributed by atoms with Gasteiger partial charge in [0.05, 0.1) is 32.1 Å². The number of thioether (sulfide) groups is 1. The van der Waals surface area contributed by atoms with Crippen LogP contribution in [0.3, 0.4) is 0 Å². The standard InChI is InChI=1S/C24H24Cl2N6O2S2/c1-4-32-21(20(13(2)3)29-22(34)14-9-10-15(25)16(26)11-14)30-31-24(32)35-12-19(33)28-23-27-17-7-5-6-8-18(17)36-23/h5-11,13,20H,4,12H2,1-3H3,(H,29,34)(H,27,28,33)/t20-/m1/s1. The number of thiazole rings is 1. The number of benzene rings is 2. The molecule has 36 heavy (non-hydrogen) atoms. The Morgan fingerprint density at radius 3 is 2.58 bits per heavy atom. The predicted molar refractivity (Wildman–Crippen MR) is 146 cm³/mol. The Kier molecular flexibility index (Phi) is 8.50. The van der Waals surface area contributed by atoms with E-state index in [9.17, 15) is 9.59 Å². The van der Waals surface area contributed by atoms with Crippen LogP contribution in [0.1, 0.15) is 43.0 Å². The minimum atomic E-state index is -0.398. The fourth-order valence-corrected chi connectivity index (χ4v) is 5.53. The Morgan fingerprint density at radius 1 is 1.11 bits per heavy atom. The highest BCUT2D eigenvalue weighted by molar-refractivity contribution is 7.99. The third-order valence-corrected chi connectivity index (χ3v) is 8.01. The molecule has 2 heterocycles. The summed E-state index contributed by atoms with van der Waals surface area (Å²) >= 11 is 14.8. The number of nitrogens with zero attached hydrogens (tertiary/aromatic N) is 4. The second-order valence-corrected chi connectivity index (χ2v) is 11.0. The van der Waals surface area contributed by atoms with Crippen LogP contribution in [0.2, 0.25) is 10.0 Å². The summed E-state index contributed by atoms with van der Waals surface area (Å²) in [4.78, 5) is 29.9. The van der Waals surface area contributed by atoms with Gasteiger partial charge in [0.1, 0.15) is 0 Å². The van der Waals surface area contributed by atoms with Crippen molar-refractivity contribution in [2.45, 2.75) is 38.5 Å². The summed E-state index contributed by atoms with van der Waals surface area (Å²) in [7, 11) is 0. The van der Waals surface area contributed by atoms with Crippen LogP contribution in [-0.4, -0.2) is 37.3 Å². The lowest BCUT2D eigenvalue weighted by Gasteiger charge is -2.22. The lowest BCUT2D eigenvalue weighted by Crippen LogP contribution is -2.33. The maximum atomic E-state index is 12.9. The molecule has 12 heteroatoms. The Bertz CT molecular complexity index is 1370. The minimum absolute atomic E-state index is 0.0337. The molecular weight excluding hydrogens is 539 g/mol. The second-order valence-electron chi connectivity index (χ2n) is 8.23. The molecule has 0 spiro atoms. The van der Waals surface area contributed by atoms with Crippen LogP contribution < -0.4 is 10.6 Å². The van der Waals surface area contributed by atoms with E-state index in [2.05, 4.69) is 25.8 Å². The minimum Gasteiger partial charge on any atom is -0.342 e.